The number of oxime groups is 1. The molecule has 4 N–H and O–H groups in total. The highest BCUT2D eigenvalue weighted by Crippen LogP contribution is 2.40. The molecule has 6 rings (SSSR count). The van der Waals surface area contributed by atoms with Crippen LogP contribution in [0.2, 0.25) is 10.0 Å². The minimum absolute atomic E-state index is 0.0752. The zero-order valence-electron chi connectivity index (χ0n) is 23.3. The Balaban J connectivity index is 0.000000169. The molecule has 0 saturated heterocycles. The number of rotatable bonds is 5. The maximum Gasteiger partial charge on any atom is 0.221 e. The van der Waals surface area contributed by atoms with Crippen molar-refractivity contribution in [2.75, 3.05) is 5.32 Å². The first-order valence-electron chi connectivity index (χ1n) is 13.4. The van der Waals surface area contributed by atoms with Crippen LogP contribution in [0.5, 0.6) is 0 Å². The van der Waals surface area contributed by atoms with Gasteiger partial charge in [-0.15, -0.1) is 0 Å². The summed E-state index contributed by atoms with van der Waals surface area (Å²) in [5.74, 6) is -0.0752. The number of aromatic nitrogens is 2. The van der Waals surface area contributed by atoms with Crippen molar-refractivity contribution in [3.05, 3.63) is 99.4 Å². The molecular formula is C32H30Cl2N4O2S2. The van der Waals surface area contributed by atoms with E-state index in [1.807, 2.05) is 73.7 Å². The third-order valence-corrected chi connectivity index (χ3v) is 9.74. The third kappa shape index (κ3) is 6.84. The second-order valence-electron chi connectivity index (χ2n) is 9.93. The largest absolute Gasteiger partial charge is 0.411 e. The Bertz CT molecular complexity index is 1760. The predicted octanol–water partition coefficient (Wildman–Crippen LogP) is 9.88. The van der Waals surface area contributed by atoms with Crippen molar-refractivity contribution in [1.29, 1.82) is 0 Å². The quantitative estimate of drug-likeness (QED) is 0.114. The number of anilines is 1. The molecule has 0 saturated carbocycles. The van der Waals surface area contributed by atoms with Gasteiger partial charge in [0.05, 0.1) is 11.4 Å². The van der Waals surface area contributed by atoms with Gasteiger partial charge in [-0.2, -0.15) is 0 Å². The average Bonchev–Trinajstić information content (AvgIpc) is 3.46. The van der Waals surface area contributed by atoms with Crippen molar-refractivity contribution < 1.29 is 10.0 Å². The highest BCUT2D eigenvalue weighted by Gasteiger charge is 2.24. The number of fused-ring (bicyclic) bond motifs is 2. The van der Waals surface area contributed by atoms with Crippen LogP contribution >= 0.6 is 46.7 Å². The third-order valence-electron chi connectivity index (χ3n) is 6.79. The average molecular weight is 638 g/mol. The monoisotopic (exact) mass is 636 g/mol. The van der Waals surface area contributed by atoms with Crippen LogP contribution in [0.1, 0.15) is 42.4 Å². The molecule has 0 spiro atoms. The van der Waals surface area contributed by atoms with Crippen LogP contribution in [-0.2, 0) is 11.2 Å². The van der Waals surface area contributed by atoms with Gasteiger partial charge in [0, 0.05) is 70.1 Å². The summed E-state index contributed by atoms with van der Waals surface area (Å²) in [4.78, 5) is 22.7. The second-order valence-corrected chi connectivity index (χ2v) is 13.0. The van der Waals surface area contributed by atoms with Crippen molar-refractivity contribution in [2.45, 2.75) is 59.6 Å². The van der Waals surface area contributed by atoms with Crippen molar-refractivity contribution in [3.63, 3.8) is 0 Å². The minimum Gasteiger partial charge on any atom is -0.411 e. The Hall–Kier alpha value is -3.30. The van der Waals surface area contributed by atoms with E-state index in [0.29, 0.717) is 0 Å². The van der Waals surface area contributed by atoms with Gasteiger partial charge in [-0.25, -0.2) is 0 Å². The van der Waals surface area contributed by atoms with Crippen LogP contribution in [-0.4, -0.2) is 26.8 Å². The normalized spacial score (nSPS) is 13.5. The van der Waals surface area contributed by atoms with Crippen LogP contribution in [0.4, 0.5) is 5.69 Å². The van der Waals surface area contributed by atoms with Gasteiger partial charge >= 0.3 is 0 Å². The second kappa shape index (κ2) is 13.3. The van der Waals surface area contributed by atoms with E-state index in [2.05, 4.69) is 27.4 Å². The van der Waals surface area contributed by atoms with Crippen LogP contribution < -0.4 is 5.32 Å². The highest BCUT2D eigenvalue weighted by molar-refractivity contribution is 7.99. The Morgan fingerprint density at radius 2 is 1.45 bits per heavy atom. The summed E-state index contributed by atoms with van der Waals surface area (Å²) < 4.78 is 0. The summed E-state index contributed by atoms with van der Waals surface area (Å²) in [7, 11) is 0. The SMILES string of the molecule is CC(=O)Nc1cccc2[nH]c(C)c(Sc3ccc(Cl)cc3)c12.Cc1[nH]c2c(c1Sc1ccc(Cl)cc1)/C(=N/O)CCC2. The van der Waals surface area contributed by atoms with Crippen molar-refractivity contribution in [3.8, 4) is 0 Å². The number of benzene rings is 3. The molecule has 5 aromatic rings. The van der Waals surface area contributed by atoms with Gasteiger partial charge in [0.1, 0.15) is 0 Å². The Morgan fingerprint density at radius 1 is 0.857 bits per heavy atom. The summed E-state index contributed by atoms with van der Waals surface area (Å²) in [5.41, 5.74) is 7.08. The fraction of sp³-hybridized carbons (Fsp3) is 0.188. The first-order chi connectivity index (χ1) is 20.2. The summed E-state index contributed by atoms with van der Waals surface area (Å²) >= 11 is 15.2. The number of carbonyl (C=O) groups excluding carboxylic acids is 1. The summed E-state index contributed by atoms with van der Waals surface area (Å²) in [5, 5.41) is 18.1. The molecule has 3 aromatic carbocycles. The number of halogens is 2. The van der Waals surface area contributed by atoms with E-state index < -0.39 is 0 Å². The minimum atomic E-state index is -0.0752. The number of amides is 1. The summed E-state index contributed by atoms with van der Waals surface area (Å²) in [6.45, 7) is 5.62. The standard InChI is InChI=1S/C17H15ClN2OS.C15H15ClN2OS/c1-10-17(22-13-8-6-12(18)7-9-13)16-14(19-10)4-3-5-15(16)20-11(2)21;1-9-15(20-11-7-5-10(16)6-8-11)14-12(17-9)3-2-4-13(14)18-19/h3-9,19H,1-2H3,(H,20,21);5-8,17,19H,2-4H2,1H3/b;18-13+. The number of aryl methyl sites for hydroxylation is 3. The van der Waals surface area contributed by atoms with Gasteiger partial charge in [0.2, 0.25) is 5.91 Å². The van der Waals surface area contributed by atoms with Gasteiger partial charge in [-0.05, 0) is 93.8 Å². The molecule has 0 radical (unpaired) electrons. The van der Waals surface area contributed by atoms with Crippen LogP contribution in [0, 0.1) is 13.8 Å². The van der Waals surface area contributed by atoms with Crippen molar-refractivity contribution in [1.82, 2.24) is 9.97 Å². The van der Waals surface area contributed by atoms with Gasteiger partial charge in [-0.3, -0.25) is 4.79 Å². The molecule has 2 heterocycles. The van der Waals surface area contributed by atoms with E-state index in [1.165, 1.54) is 12.6 Å². The van der Waals surface area contributed by atoms with Crippen LogP contribution in [0.3, 0.4) is 0 Å². The van der Waals surface area contributed by atoms with E-state index >= 15 is 0 Å². The first-order valence-corrected chi connectivity index (χ1v) is 15.8. The van der Waals surface area contributed by atoms with Crippen LogP contribution in [0.15, 0.2) is 91.5 Å². The molecule has 2 aromatic heterocycles. The molecule has 0 bridgehead atoms. The number of carbonyl (C=O) groups is 1. The lowest BCUT2D eigenvalue weighted by atomic mass is 9.96. The lowest BCUT2D eigenvalue weighted by molar-refractivity contribution is -0.114. The number of nitrogens with one attached hydrogen (secondary N) is 3. The van der Waals surface area contributed by atoms with E-state index in [9.17, 15) is 10.0 Å². The van der Waals surface area contributed by atoms with Crippen molar-refractivity contribution >= 4 is 74.9 Å². The molecule has 0 unspecified atom stereocenters. The topological polar surface area (TPSA) is 93.3 Å². The summed E-state index contributed by atoms with van der Waals surface area (Å²) in [6, 6.07) is 21.4. The number of H-pyrrole nitrogens is 2. The molecule has 42 heavy (non-hydrogen) atoms. The number of hydrogen-bond donors (Lipinski definition) is 4. The zero-order valence-corrected chi connectivity index (χ0v) is 26.5. The molecule has 216 valence electrons. The lowest BCUT2D eigenvalue weighted by Gasteiger charge is -2.14. The van der Waals surface area contributed by atoms with E-state index in [-0.39, 0.29) is 5.91 Å². The van der Waals surface area contributed by atoms with E-state index in [1.54, 1.807) is 23.5 Å². The molecule has 6 nitrogen and oxygen atoms in total. The van der Waals surface area contributed by atoms with Crippen molar-refractivity contribution in [2.24, 2.45) is 5.16 Å². The molecule has 1 aliphatic carbocycles. The van der Waals surface area contributed by atoms with Crippen LogP contribution in [0.25, 0.3) is 10.9 Å². The fourth-order valence-electron chi connectivity index (χ4n) is 4.96. The Labute approximate surface area is 263 Å². The van der Waals surface area contributed by atoms with Gasteiger partial charge < -0.3 is 20.5 Å². The summed E-state index contributed by atoms with van der Waals surface area (Å²) in [6.07, 6.45) is 2.86. The molecule has 0 atom stereocenters. The van der Waals surface area contributed by atoms with E-state index in [0.717, 1.165) is 88.1 Å². The molecule has 0 fully saturated rings. The maximum atomic E-state index is 11.4. The number of nitrogens with zero attached hydrogens (tertiary/aromatic N) is 1. The number of hydrogen-bond acceptors (Lipinski definition) is 5. The molecule has 1 aliphatic rings. The molecule has 1 amide bonds. The smallest absolute Gasteiger partial charge is 0.221 e. The van der Waals surface area contributed by atoms with E-state index in [4.69, 9.17) is 23.2 Å². The Kier molecular flexibility index (Phi) is 9.58. The van der Waals surface area contributed by atoms with Gasteiger partial charge in [-0.1, -0.05) is 57.9 Å². The first kappa shape index (κ1) is 30.2. The van der Waals surface area contributed by atoms with Gasteiger partial charge in [0.15, 0.2) is 0 Å². The van der Waals surface area contributed by atoms with Gasteiger partial charge in [0.25, 0.3) is 0 Å². The number of aromatic amines is 2. The maximum absolute atomic E-state index is 11.4. The zero-order chi connectivity index (χ0) is 29.8. The highest BCUT2D eigenvalue weighted by atomic mass is 35.5. The lowest BCUT2D eigenvalue weighted by Crippen LogP contribution is -2.11. The predicted molar refractivity (Wildman–Crippen MR) is 175 cm³/mol. The fourth-order valence-corrected chi connectivity index (χ4v) is 7.30. The molecule has 0 aliphatic heterocycles. The molecule has 10 heteroatoms. The molecular weight excluding hydrogens is 607 g/mol. The Morgan fingerprint density at radius 3 is 2.05 bits per heavy atom.